The Morgan fingerprint density at radius 1 is 1.26 bits per heavy atom. The van der Waals surface area contributed by atoms with E-state index in [0.29, 0.717) is 17.3 Å². The minimum Gasteiger partial charge on any atom is -0.392 e. The van der Waals surface area contributed by atoms with Gasteiger partial charge in [0.25, 0.3) is 0 Å². The highest BCUT2D eigenvalue weighted by atomic mass is 32.1. The number of imide groups is 1. The molecule has 5 heteroatoms. The van der Waals surface area contributed by atoms with Crippen LogP contribution in [0.4, 0.5) is 0 Å². The number of nitrogens with zero attached hydrogens (tertiary/aromatic N) is 1. The second kappa shape index (κ2) is 4.54. The third kappa shape index (κ3) is 2.08. The lowest BCUT2D eigenvalue weighted by Crippen LogP contribution is -2.50. The number of hydrogen-bond acceptors (Lipinski definition) is 3. The van der Waals surface area contributed by atoms with Gasteiger partial charge < -0.3 is 5.73 Å². The molecule has 3 rings (SSSR count). The molecule has 1 atom stereocenters. The Hall–Kier alpha value is -0.970. The standard InChI is InChI=1S/C14H20N2O2S/c15-12(19)11(9-4-5-9)16-10(17)8-14(13(16)18)6-2-1-3-7-14/h9,11H,1-8H2,(H2,15,19). The van der Waals surface area contributed by atoms with Crippen molar-refractivity contribution in [2.24, 2.45) is 17.1 Å². The molecule has 0 bridgehead atoms. The van der Waals surface area contributed by atoms with Gasteiger partial charge in [0.05, 0.1) is 16.4 Å². The van der Waals surface area contributed by atoms with Crippen molar-refractivity contribution in [2.75, 3.05) is 0 Å². The van der Waals surface area contributed by atoms with Gasteiger partial charge in [-0.3, -0.25) is 14.5 Å². The molecule has 4 nitrogen and oxygen atoms in total. The molecule has 2 saturated carbocycles. The van der Waals surface area contributed by atoms with Crippen LogP contribution in [0.15, 0.2) is 0 Å². The summed E-state index contributed by atoms with van der Waals surface area (Å²) in [6.45, 7) is 0. The van der Waals surface area contributed by atoms with E-state index >= 15 is 0 Å². The third-order valence-electron chi connectivity index (χ3n) is 4.88. The molecule has 1 saturated heterocycles. The Morgan fingerprint density at radius 3 is 2.42 bits per heavy atom. The van der Waals surface area contributed by atoms with E-state index in [9.17, 15) is 9.59 Å². The predicted octanol–water partition coefficient (Wildman–Crippen LogP) is 1.76. The fourth-order valence-electron chi connectivity index (χ4n) is 3.70. The fraction of sp³-hybridized carbons (Fsp3) is 0.786. The molecule has 2 aliphatic carbocycles. The molecule has 0 aromatic carbocycles. The molecule has 0 aromatic heterocycles. The van der Waals surface area contributed by atoms with Gasteiger partial charge in [-0.15, -0.1) is 0 Å². The van der Waals surface area contributed by atoms with Gasteiger partial charge >= 0.3 is 0 Å². The average molecular weight is 280 g/mol. The summed E-state index contributed by atoms with van der Waals surface area (Å²) >= 11 is 5.10. The third-order valence-corrected chi connectivity index (χ3v) is 5.12. The molecule has 1 heterocycles. The molecule has 1 unspecified atom stereocenters. The van der Waals surface area contributed by atoms with Gasteiger partial charge in [0.15, 0.2) is 0 Å². The van der Waals surface area contributed by atoms with E-state index in [1.807, 2.05) is 0 Å². The highest BCUT2D eigenvalue weighted by Crippen LogP contribution is 2.48. The van der Waals surface area contributed by atoms with Crippen LogP contribution in [0.1, 0.15) is 51.4 Å². The van der Waals surface area contributed by atoms with Gasteiger partial charge in [-0.2, -0.15) is 0 Å². The van der Waals surface area contributed by atoms with Crippen molar-refractivity contribution in [1.82, 2.24) is 4.90 Å². The highest BCUT2D eigenvalue weighted by molar-refractivity contribution is 7.80. The van der Waals surface area contributed by atoms with E-state index in [1.165, 1.54) is 11.3 Å². The Morgan fingerprint density at radius 2 is 1.89 bits per heavy atom. The molecule has 0 radical (unpaired) electrons. The molecule has 2 N–H and O–H groups in total. The first kappa shape index (κ1) is 13.0. The van der Waals surface area contributed by atoms with Crippen LogP contribution in [-0.2, 0) is 9.59 Å². The first-order valence-corrected chi connectivity index (χ1v) is 7.62. The van der Waals surface area contributed by atoms with Crippen LogP contribution < -0.4 is 5.73 Å². The van der Waals surface area contributed by atoms with Gasteiger partial charge in [-0.25, -0.2) is 0 Å². The summed E-state index contributed by atoms with van der Waals surface area (Å²) in [4.78, 5) is 26.8. The van der Waals surface area contributed by atoms with Crippen LogP contribution in [0.2, 0.25) is 0 Å². The SMILES string of the molecule is NC(=S)C(C1CC1)N1C(=O)CC2(CCCCC2)C1=O. The molecule has 19 heavy (non-hydrogen) atoms. The van der Waals surface area contributed by atoms with Crippen LogP contribution in [0, 0.1) is 11.3 Å². The van der Waals surface area contributed by atoms with Crippen LogP contribution in [0.25, 0.3) is 0 Å². The topological polar surface area (TPSA) is 63.4 Å². The number of thiocarbonyl (C=S) groups is 1. The zero-order valence-electron chi connectivity index (χ0n) is 11.1. The number of rotatable bonds is 3. The van der Waals surface area contributed by atoms with E-state index in [4.69, 9.17) is 18.0 Å². The van der Waals surface area contributed by atoms with Crippen molar-refractivity contribution in [3.8, 4) is 0 Å². The zero-order valence-corrected chi connectivity index (χ0v) is 11.9. The summed E-state index contributed by atoms with van der Waals surface area (Å²) in [6.07, 6.45) is 7.38. The van der Waals surface area contributed by atoms with Crippen molar-refractivity contribution in [2.45, 2.75) is 57.4 Å². The largest absolute Gasteiger partial charge is 0.392 e. The Bertz CT molecular complexity index is 439. The smallest absolute Gasteiger partial charge is 0.236 e. The molecule has 3 aliphatic rings. The molecule has 0 aromatic rings. The first-order chi connectivity index (χ1) is 9.05. The summed E-state index contributed by atoms with van der Waals surface area (Å²) in [5, 5.41) is 0. The lowest BCUT2D eigenvalue weighted by molar-refractivity contribution is -0.143. The molecule has 104 valence electrons. The predicted molar refractivity (Wildman–Crippen MR) is 75.3 cm³/mol. The fourth-order valence-corrected chi connectivity index (χ4v) is 4.00. The highest BCUT2D eigenvalue weighted by Gasteiger charge is 2.55. The van der Waals surface area contributed by atoms with Crippen molar-refractivity contribution in [3.05, 3.63) is 0 Å². The second-order valence-corrected chi connectivity index (χ2v) is 6.74. The number of carbonyl (C=O) groups excluding carboxylic acids is 2. The zero-order chi connectivity index (χ0) is 13.6. The maximum Gasteiger partial charge on any atom is 0.236 e. The van der Waals surface area contributed by atoms with Crippen LogP contribution >= 0.6 is 12.2 Å². The van der Waals surface area contributed by atoms with E-state index in [-0.39, 0.29) is 17.9 Å². The maximum atomic E-state index is 12.8. The molecule has 3 fully saturated rings. The number of likely N-dealkylation sites (tertiary alicyclic amines) is 1. The van der Waals surface area contributed by atoms with Gasteiger partial charge in [-0.1, -0.05) is 31.5 Å². The van der Waals surface area contributed by atoms with Crippen LogP contribution in [-0.4, -0.2) is 27.7 Å². The molecular weight excluding hydrogens is 260 g/mol. The first-order valence-electron chi connectivity index (χ1n) is 7.21. The van der Waals surface area contributed by atoms with E-state index in [1.54, 1.807) is 0 Å². The minimum absolute atomic E-state index is 0.00176. The van der Waals surface area contributed by atoms with Crippen molar-refractivity contribution in [1.29, 1.82) is 0 Å². The van der Waals surface area contributed by atoms with Crippen LogP contribution in [0.5, 0.6) is 0 Å². The number of amides is 2. The lowest BCUT2D eigenvalue weighted by atomic mass is 9.73. The average Bonchev–Trinajstić information content (AvgIpc) is 3.16. The Balaban J connectivity index is 1.87. The summed E-state index contributed by atoms with van der Waals surface area (Å²) < 4.78 is 0. The van der Waals surface area contributed by atoms with E-state index in [0.717, 1.165) is 38.5 Å². The summed E-state index contributed by atoms with van der Waals surface area (Å²) in [5.74, 6) is 0.252. The summed E-state index contributed by atoms with van der Waals surface area (Å²) in [7, 11) is 0. The van der Waals surface area contributed by atoms with Crippen molar-refractivity contribution < 1.29 is 9.59 Å². The summed E-state index contributed by atoms with van der Waals surface area (Å²) in [5.41, 5.74) is 5.36. The summed E-state index contributed by atoms with van der Waals surface area (Å²) in [6, 6.07) is -0.323. The molecular formula is C14H20N2O2S. The Labute approximate surface area is 118 Å². The van der Waals surface area contributed by atoms with Gasteiger partial charge in [0.1, 0.15) is 0 Å². The number of carbonyl (C=O) groups is 2. The minimum atomic E-state index is -0.423. The lowest BCUT2D eigenvalue weighted by Gasteiger charge is -2.32. The molecule has 2 amide bonds. The second-order valence-electron chi connectivity index (χ2n) is 6.27. The maximum absolute atomic E-state index is 12.8. The normalized spacial score (nSPS) is 27.9. The van der Waals surface area contributed by atoms with E-state index < -0.39 is 5.41 Å². The van der Waals surface area contributed by atoms with Crippen molar-refractivity contribution in [3.63, 3.8) is 0 Å². The van der Waals surface area contributed by atoms with Gasteiger partial charge in [0.2, 0.25) is 11.8 Å². The number of nitrogens with two attached hydrogens (primary N) is 1. The molecule has 1 spiro atoms. The Kier molecular flexibility index (Phi) is 3.12. The van der Waals surface area contributed by atoms with Gasteiger partial charge in [-0.05, 0) is 31.6 Å². The quantitative estimate of drug-likeness (QED) is 0.632. The van der Waals surface area contributed by atoms with Gasteiger partial charge in [0, 0.05) is 6.42 Å². The van der Waals surface area contributed by atoms with Crippen LogP contribution in [0.3, 0.4) is 0 Å². The monoisotopic (exact) mass is 280 g/mol. The number of hydrogen-bond donors (Lipinski definition) is 1. The molecule has 1 aliphatic heterocycles. The van der Waals surface area contributed by atoms with Crippen molar-refractivity contribution >= 4 is 29.0 Å². The van der Waals surface area contributed by atoms with E-state index in [2.05, 4.69) is 0 Å².